The Hall–Kier alpha value is -1.09. The average Bonchev–Trinajstić information content (AvgIpc) is 2.46. The molecule has 114 valence electrons. The lowest BCUT2D eigenvalue weighted by Gasteiger charge is -2.38. The number of alkyl halides is 1. The molecule has 0 aromatic heterocycles. The van der Waals surface area contributed by atoms with Gasteiger partial charge in [0.2, 0.25) is 5.91 Å². The predicted molar refractivity (Wildman–Crippen MR) is 83.1 cm³/mol. The number of rotatable bonds is 2. The summed E-state index contributed by atoms with van der Waals surface area (Å²) in [5, 5.41) is 2.43. The molecule has 1 heterocycles. The number of nitrogens with one attached hydrogen (secondary N) is 1. The summed E-state index contributed by atoms with van der Waals surface area (Å²) in [4.78, 5) is 11.4. The van der Waals surface area contributed by atoms with Gasteiger partial charge in [-0.2, -0.15) is 0 Å². The molecule has 0 bridgehead atoms. The fourth-order valence-corrected chi connectivity index (χ4v) is 3.99. The number of amides is 1. The van der Waals surface area contributed by atoms with Crippen LogP contribution in [0.2, 0.25) is 0 Å². The minimum atomic E-state index is -0.305. The third-order valence-corrected chi connectivity index (χ3v) is 5.76. The molecule has 1 aliphatic heterocycles. The van der Waals surface area contributed by atoms with E-state index in [9.17, 15) is 9.18 Å². The molecule has 1 aromatic rings. The maximum Gasteiger partial charge on any atom is 0.224 e. The Morgan fingerprint density at radius 1 is 1.24 bits per heavy atom. The van der Waals surface area contributed by atoms with Gasteiger partial charge in [-0.3, -0.25) is 4.79 Å². The maximum atomic E-state index is 14.4. The number of halogens is 2. The van der Waals surface area contributed by atoms with Crippen molar-refractivity contribution in [3.63, 3.8) is 0 Å². The Kier molecular flexibility index (Phi) is 3.96. The maximum absolute atomic E-state index is 14.4. The molecular formula is C17H21ClFNO. The molecule has 1 fully saturated rings. The summed E-state index contributed by atoms with van der Waals surface area (Å²) in [6.45, 7) is 2.17. The number of anilines is 1. The van der Waals surface area contributed by atoms with Gasteiger partial charge >= 0.3 is 0 Å². The summed E-state index contributed by atoms with van der Waals surface area (Å²) in [5.74, 6) is -0.348. The smallest absolute Gasteiger partial charge is 0.224 e. The van der Waals surface area contributed by atoms with E-state index in [2.05, 4.69) is 12.2 Å². The summed E-state index contributed by atoms with van der Waals surface area (Å²) < 4.78 is 14.4. The first-order valence-electron chi connectivity index (χ1n) is 7.76. The van der Waals surface area contributed by atoms with Crippen LogP contribution in [0.5, 0.6) is 0 Å². The van der Waals surface area contributed by atoms with E-state index in [-0.39, 0.29) is 22.5 Å². The van der Waals surface area contributed by atoms with Gasteiger partial charge in [-0.15, -0.1) is 11.6 Å². The van der Waals surface area contributed by atoms with Crippen LogP contribution >= 0.6 is 11.6 Å². The van der Waals surface area contributed by atoms with Crippen molar-refractivity contribution in [3.05, 3.63) is 29.1 Å². The SMILES string of the molecule is CC1(C(Cl)c2cc3c(cc2F)NC(=O)CC3)CCCCC1. The molecule has 0 saturated heterocycles. The van der Waals surface area contributed by atoms with Crippen LogP contribution in [0, 0.1) is 11.2 Å². The van der Waals surface area contributed by atoms with Gasteiger partial charge in [-0.25, -0.2) is 4.39 Å². The first-order valence-corrected chi connectivity index (χ1v) is 8.19. The van der Waals surface area contributed by atoms with E-state index >= 15 is 0 Å². The minimum Gasteiger partial charge on any atom is -0.326 e. The van der Waals surface area contributed by atoms with Crippen LogP contribution in [0.3, 0.4) is 0 Å². The zero-order valence-corrected chi connectivity index (χ0v) is 13.1. The lowest BCUT2D eigenvalue weighted by molar-refractivity contribution is -0.116. The van der Waals surface area contributed by atoms with E-state index in [1.807, 2.05) is 6.07 Å². The topological polar surface area (TPSA) is 29.1 Å². The number of hydrogen-bond acceptors (Lipinski definition) is 1. The third-order valence-electron chi connectivity index (χ3n) is 5.00. The number of carbonyl (C=O) groups is 1. The van der Waals surface area contributed by atoms with Crippen LogP contribution in [-0.4, -0.2) is 5.91 Å². The fraction of sp³-hybridized carbons (Fsp3) is 0.588. The van der Waals surface area contributed by atoms with E-state index in [0.717, 1.165) is 18.4 Å². The molecule has 1 aromatic carbocycles. The number of benzene rings is 1. The highest BCUT2D eigenvalue weighted by Crippen LogP contribution is 2.50. The quantitative estimate of drug-likeness (QED) is 0.769. The summed E-state index contributed by atoms with van der Waals surface area (Å²) >= 11 is 6.68. The second kappa shape index (κ2) is 5.60. The lowest BCUT2D eigenvalue weighted by Crippen LogP contribution is -2.26. The van der Waals surface area contributed by atoms with Crippen molar-refractivity contribution in [1.29, 1.82) is 0 Å². The van der Waals surface area contributed by atoms with E-state index < -0.39 is 0 Å². The molecular weight excluding hydrogens is 289 g/mol. The zero-order chi connectivity index (χ0) is 15.0. The van der Waals surface area contributed by atoms with Crippen molar-refractivity contribution in [2.45, 2.75) is 57.2 Å². The van der Waals surface area contributed by atoms with Gasteiger partial charge < -0.3 is 5.32 Å². The van der Waals surface area contributed by atoms with Gasteiger partial charge in [0.25, 0.3) is 0 Å². The minimum absolute atomic E-state index is 0.0349. The Morgan fingerprint density at radius 2 is 1.95 bits per heavy atom. The summed E-state index contributed by atoms with van der Waals surface area (Å²) in [5.41, 5.74) is 2.16. The Labute approximate surface area is 130 Å². The van der Waals surface area contributed by atoms with Crippen molar-refractivity contribution < 1.29 is 9.18 Å². The van der Waals surface area contributed by atoms with Crippen LogP contribution in [0.15, 0.2) is 12.1 Å². The van der Waals surface area contributed by atoms with Gasteiger partial charge in [-0.05, 0) is 42.4 Å². The second-order valence-corrected chi connectivity index (χ2v) is 7.09. The van der Waals surface area contributed by atoms with E-state index in [1.54, 1.807) is 0 Å². The largest absolute Gasteiger partial charge is 0.326 e. The Bertz CT molecular complexity index is 566. The molecule has 1 N–H and O–H groups in total. The lowest BCUT2D eigenvalue weighted by atomic mass is 9.71. The van der Waals surface area contributed by atoms with Crippen LogP contribution in [-0.2, 0) is 11.2 Å². The Morgan fingerprint density at radius 3 is 2.67 bits per heavy atom. The van der Waals surface area contributed by atoms with E-state index in [4.69, 9.17) is 11.6 Å². The van der Waals surface area contributed by atoms with Crippen molar-refractivity contribution in [3.8, 4) is 0 Å². The highest BCUT2D eigenvalue weighted by molar-refractivity contribution is 6.21. The molecule has 0 spiro atoms. The number of carbonyl (C=O) groups excluding carboxylic acids is 1. The number of hydrogen-bond donors (Lipinski definition) is 1. The molecule has 2 aliphatic rings. The summed E-state index contributed by atoms with van der Waals surface area (Å²) in [6, 6.07) is 3.30. The van der Waals surface area contributed by atoms with Crippen LogP contribution in [0.25, 0.3) is 0 Å². The molecule has 1 atom stereocenters. The molecule has 1 amide bonds. The molecule has 21 heavy (non-hydrogen) atoms. The standard InChI is InChI=1S/C17H21ClFNO/c1-17(7-3-2-4-8-17)16(18)12-9-11-5-6-15(21)20-14(11)10-13(12)19/h9-10,16H,2-8H2,1H3,(H,20,21). The molecule has 1 aliphatic carbocycles. The van der Waals surface area contributed by atoms with Gasteiger partial charge in [0.05, 0.1) is 5.38 Å². The van der Waals surface area contributed by atoms with E-state index in [1.165, 1.54) is 25.3 Å². The van der Waals surface area contributed by atoms with Crippen molar-refractivity contribution in [2.75, 3.05) is 5.32 Å². The Balaban J connectivity index is 1.93. The van der Waals surface area contributed by atoms with Crippen molar-refractivity contribution >= 4 is 23.2 Å². The molecule has 3 rings (SSSR count). The first-order chi connectivity index (χ1) is 9.99. The molecule has 4 heteroatoms. The van der Waals surface area contributed by atoms with Crippen LogP contribution in [0.4, 0.5) is 10.1 Å². The van der Waals surface area contributed by atoms with Gasteiger partial charge in [-0.1, -0.05) is 26.2 Å². The van der Waals surface area contributed by atoms with Crippen molar-refractivity contribution in [1.82, 2.24) is 0 Å². The highest BCUT2D eigenvalue weighted by atomic mass is 35.5. The predicted octanol–water partition coefficient (Wildman–Crippen LogP) is 4.96. The normalized spacial score (nSPS) is 22.3. The highest BCUT2D eigenvalue weighted by Gasteiger charge is 2.37. The summed E-state index contributed by atoms with van der Waals surface area (Å²) in [6.07, 6.45) is 6.81. The summed E-state index contributed by atoms with van der Waals surface area (Å²) in [7, 11) is 0. The fourth-order valence-electron chi connectivity index (χ4n) is 3.60. The monoisotopic (exact) mass is 309 g/mol. The second-order valence-electron chi connectivity index (χ2n) is 6.66. The zero-order valence-electron chi connectivity index (χ0n) is 12.3. The molecule has 2 nitrogen and oxygen atoms in total. The van der Waals surface area contributed by atoms with Crippen LogP contribution in [0.1, 0.15) is 62.0 Å². The van der Waals surface area contributed by atoms with Crippen LogP contribution < -0.4 is 5.32 Å². The van der Waals surface area contributed by atoms with E-state index in [0.29, 0.717) is 24.1 Å². The van der Waals surface area contributed by atoms with Gasteiger partial charge in [0, 0.05) is 17.7 Å². The van der Waals surface area contributed by atoms with Gasteiger partial charge in [0.1, 0.15) is 5.82 Å². The third kappa shape index (κ3) is 2.80. The average molecular weight is 310 g/mol. The molecule has 1 unspecified atom stereocenters. The number of aryl methyl sites for hydroxylation is 1. The van der Waals surface area contributed by atoms with Crippen molar-refractivity contribution in [2.24, 2.45) is 5.41 Å². The molecule has 1 saturated carbocycles. The number of fused-ring (bicyclic) bond motifs is 1. The first kappa shape index (κ1) is 14.8. The van der Waals surface area contributed by atoms with Gasteiger partial charge in [0.15, 0.2) is 0 Å². The molecule has 0 radical (unpaired) electrons.